The molecule has 0 spiro atoms. The monoisotopic (exact) mass is 277 g/mol. The van der Waals surface area contributed by atoms with Crippen molar-refractivity contribution < 1.29 is 23.8 Å². The van der Waals surface area contributed by atoms with Crippen molar-refractivity contribution in [3.05, 3.63) is 41.7 Å². The Hall–Kier alpha value is -2.90. The van der Waals surface area contributed by atoms with Crippen LogP contribution in [0.15, 0.2) is 28.8 Å². The molecular weight excluding hydrogens is 266 g/mol. The number of ether oxygens (including phenoxy) is 1. The van der Waals surface area contributed by atoms with Crippen LogP contribution in [-0.2, 0) is 11.3 Å². The van der Waals surface area contributed by atoms with Gasteiger partial charge in [0.05, 0.1) is 13.7 Å². The normalized spacial score (nSPS) is 10.1. The van der Waals surface area contributed by atoms with Gasteiger partial charge in [-0.1, -0.05) is 0 Å². The fourth-order valence-electron chi connectivity index (χ4n) is 1.41. The maximum Gasteiger partial charge on any atom is 0.376 e. The average molecular weight is 277 g/mol. The number of nitrogens with zero attached hydrogens (tertiary/aromatic N) is 2. The highest BCUT2D eigenvalue weighted by molar-refractivity contribution is 5.85. The summed E-state index contributed by atoms with van der Waals surface area (Å²) in [6, 6.07) is 4.46. The van der Waals surface area contributed by atoms with Crippen molar-refractivity contribution in [1.29, 1.82) is 0 Å². The van der Waals surface area contributed by atoms with Gasteiger partial charge in [-0.05, 0) is 18.2 Å². The summed E-state index contributed by atoms with van der Waals surface area (Å²) in [4.78, 5) is 29.6. The zero-order valence-corrected chi connectivity index (χ0v) is 10.5. The molecule has 0 aliphatic rings. The summed E-state index contributed by atoms with van der Waals surface area (Å²) in [5.74, 6) is -1.15. The second-order valence-electron chi connectivity index (χ2n) is 3.68. The standard InChI is InChI=1S/C12H11N3O5/c1-19-12(18)10-13-5-4-9(15-10)14-6-7-2-3-8(20-7)11(16)17/h2-5H,6H2,1H3,(H,16,17)(H,13,14,15). The van der Waals surface area contributed by atoms with E-state index in [-0.39, 0.29) is 18.1 Å². The Kier molecular flexibility index (Phi) is 3.94. The molecule has 8 nitrogen and oxygen atoms in total. The smallest absolute Gasteiger partial charge is 0.376 e. The Morgan fingerprint density at radius 3 is 2.85 bits per heavy atom. The van der Waals surface area contributed by atoms with Gasteiger partial charge in [0.1, 0.15) is 11.6 Å². The van der Waals surface area contributed by atoms with Gasteiger partial charge in [-0.25, -0.2) is 19.6 Å². The number of carbonyl (C=O) groups excluding carboxylic acids is 1. The van der Waals surface area contributed by atoms with E-state index in [4.69, 9.17) is 9.52 Å². The Morgan fingerprint density at radius 2 is 2.20 bits per heavy atom. The molecule has 0 atom stereocenters. The van der Waals surface area contributed by atoms with Crippen molar-refractivity contribution in [2.24, 2.45) is 0 Å². The molecule has 2 aromatic heterocycles. The van der Waals surface area contributed by atoms with E-state index in [0.717, 1.165) is 0 Å². The van der Waals surface area contributed by atoms with E-state index in [1.807, 2.05) is 0 Å². The molecule has 20 heavy (non-hydrogen) atoms. The Balaban J connectivity index is 2.03. The number of carboxylic acid groups (broad SMARTS) is 1. The molecule has 2 N–H and O–H groups in total. The van der Waals surface area contributed by atoms with E-state index in [2.05, 4.69) is 20.0 Å². The van der Waals surface area contributed by atoms with Gasteiger partial charge in [0.15, 0.2) is 0 Å². The highest BCUT2D eigenvalue weighted by Gasteiger charge is 2.11. The maximum absolute atomic E-state index is 11.3. The summed E-state index contributed by atoms with van der Waals surface area (Å²) < 4.78 is 9.58. The molecule has 8 heteroatoms. The molecular formula is C12H11N3O5. The van der Waals surface area contributed by atoms with Gasteiger partial charge in [0.2, 0.25) is 11.6 Å². The number of hydrogen-bond acceptors (Lipinski definition) is 7. The number of carboxylic acids is 1. The molecule has 0 amide bonds. The summed E-state index contributed by atoms with van der Waals surface area (Å²) in [6.45, 7) is 0.227. The lowest BCUT2D eigenvalue weighted by Crippen LogP contribution is -2.09. The first-order chi connectivity index (χ1) is 9.60. The highest BCUT2D eigenvalue weighted by Crippen LogP contribution is 2.10. The van der Waals surface area contributed by atoms with E-state index < -0.39 is 11.9 Å². The lowest BCUT2D eigenvalue weighted by Gasteiger charge is -2.04. The number of aromatic nitrogens is 2. The third kappa shape index (κ3) is 3.10. The van der Waals surface area contributed by atoms with Gasteiger partial charge in [-0.15, -0.1) is 0 Å². The summed E-state index contributed by atoms with van der Waals surface area (Å²) in [7, 11) is 1.24. The Labute approximate surface area is 113 Å². The van der Waals surface area contributed by atoms with Crippen LogP contribution in [0.4, 0.5) is 5.82 Å². The van der Waals surface area contributed by atoms with Gasteiger partial charge < -0.3 is 19.6 Å². The number of methoxy groups -OCH3 is 1. The molecule has 0 fully saturated rings. The number of aromatic carboxylic acids is 1. The van der Waals surface area contributed by atoms with Crippen LogP contribution in [0.1, 0.15) is 26.9 Å². The lowest BCUT2D eigenvalue weighted by atomic mass is 10.4. The molecule has 0 saturated heterocycles. The highest BCUT2D eigenvalue weighted by atomic mass is 16.5. The lowest BCUT2D eigenvalue weighted by molar-refractivity contribution is 0.0585. The molecule has 2 heterocycles. The number of hydrogen-bond donors (Lipinski definition) is 2. The minimum Gasteiger partial charge on any atom is -0.475 e. The first kappa shape index (κ1) is 13.5. The maximum atomic E-state index is 11.3. The van der Waals surface area contributed by atoms with Crippen LogP contribution in [0.3, 0.4) is 0 Å². The van der Waals surface area contributed by atoms with Crippen LogP contribution in [0.2, 0.25) is 0 Å². The molecule has 2 aromatic rings. The second-order valence-corrected chi connectivity index (χ2v) is 3.68. The molecule has 0 bridgehead atoms. The van der Waals surface area contributed by atoms with Crippen molar-refractivity contribution in [3.63, 3.8) is 0 Å². The van der Waals surface area contributed by atoms with Crippen LogP contribution in [0, 0.1) is 0 Å². The molecule has 2 rings (SSSR count). The number of anilines is 1. The van der Waals surface area contributed by atoms with Gasteiger partial charge >= 0.3 is 11.9 Å². The largest absolute Gasteiger partial charge is 0.475 e. The number of rotatable bonds is 5. The minimum atomic E-state index is -1.13. The summed E-state index contributed by atoms with van der Waals surface area (Å²) in [5, 5.41) is 11.6. The second kappa shape index (κ2) is 5.83. The van der Waals surface area contributed by atoms with Gasteiger partial charge in [0.25, 0.3) is 0 Å². The fraction of sp³-hybridized carbons (Fsp3) is 0.167. The number of nitrogens with one attached hydrogen (secondary N) is 1. The van der Waals surface area contributed by atoms with Crippen molar-refractivity contribution in [2.45, 2.75) is 6.54 Å². The quantitative estimate of drug-likeness (QED) is 0.782. The SMILES string of the molecule is COC(=O)c1nccc(NCc2ccc(C(=O)O)o2)n1. The van der Waals surface area contributed by atoms with Gasteiger partial charge in [0, 0.05) is 6.20 Å². The van der Waals surface area contributed by atoms with E-state index in [0.29, 0.717) is 11.6 Å². The zero-order valence-electron chi connectivity index (χ0n) is 10.5. The third-order valence-corrected chi connectivity index (χ3v) is 2.34. The predicted octanol–water partition coefficient (Wildman–Crippen LogP) is 1.17. The molecule has 0 unspecified atom stereocenters. The number of esters is 1. The van der Waals surface area contributed by atoms with Crippen molar-refractivity contribution >= 4 is 17.8 Å². The molecule has 0 aliphatic carbocycles. The number of carbonyl (C=O) groups is 2. The topological polar surface area (TPSA) is 115 Å². The van der Waals surface area contributed by atoms with E-state index in [9.17, 15) is 9.59 Å². The zero-order chi connectivity index (χ0) is 14.5. The van der Waals surface area contributed by atoms with Gasteiger partial charge in [-0.3, -0.25) is 0 Å². The van der Waals surface area contributed by atoms with Crippen LogP contribution >= 0.6 is 0 Å². The van der Waals surface area contributed by atoms with Crippen LogP contribution in [-0.4, -0.2) is 34.1 Å². The molecule has 104 valence electrons. The van der Waals surface area contributed by atoms with E-state index in [1.54, 1.807) is 12.1 Å². The molecule has 0 aliphatic heterocycles. The number of furan rings is 1. The molecule has 0 radical (unpaired) electrons. The van der Waals surface area contributed by atoms with Crippen LogP contribution in [0.25, 0.3) is 0 Å². The summed E-state index contributed by atoms with van der Waals surface area (Å²) in [5.41, 5.74) is 0. The third-order valence-electron chi connectivity index (χ3n) is 2.34. The van der Waals surface area contributed by atoms with E-state index >= 15 is 0 Å². The first-order valence-electron chi connectivity index (χ1n) is 5.57. The average Bonchev–Trinajstić information content (AvgIpc) is 2.93. The van der Waals surface area contributed by atoms with Crippen molar-refractivity contribution in [1.82, 2.24) is 9.97 Å². The summed E-state index contributed by atoms with van der Waals surface area (Å²) in [6.07, 6.45) is 1.41. The van der Waals surface area contributed by atoms with Crippen molar-refractivity contribution in [3.8, 4) is 0 Å². The predicted molar refractivity (Wildman–Crippen MR) is 66.4 cm³/mol. The Morgan fingerprint density at radius 1 is 1.40 bits per heavy atom. The molecule has 0 saturated carbocycles. The van der Waals surface area contributed by atoms with Crippen LogP contribution in [0.5, 0.6) is 0 Å². The van der Waals surface area contributed by atoms with Crippen molar-refractivity contribution in [2.75, 3.05) is 12.4 Å². The first-order valence-corrected chi connectivity index (χ1v) is 5.57. The molecule has 0 aromatic carbocycles. The minimum absolute atomic E-state index is 0.0665. The fourth-order valence-corrected chi connectivity index (χ4v) is 1.41. The van der Waals surface area contributed by atoms with Crippen LogP contribution < -0.4 is 5.32 Å². The van der Waals surface area contributed by atoms with E-state index in [1.165, 1.54) is 19.4 Å². The Bertz CT molecular complexity index is 638. The summed E-state index contributed by atoms with van der Waals surface area (Å²) >= 11 is 0. The van der Waals surface area contributed by atoms with Gasteiger partial charge in [-0.2, -0.15) is 0 Å².